The average molecular weight is 195 g/mol. The zero-order chi connectivity index (χ0) is 10.4. The van der Waals surface area contributed by atoms with Crippen LogP contribution in [0.25, 0.3) is 0 Å². The highest BCUT2D eigenvalue weighted by atomic mass is 16.3. The molecule has 1 N–H and O–H groups in total. The molecule has 0 bridgehead atoms. The third-order valence-corrected chi connectivity index (χ3v) is 2.96. The lowest BCUT2D eigenvalue weighted by atomic mass is 9.95. The predicted molar refractivity (Wildman–Crippen MR) is 59.1 cm³/mol. The maximum absolute atomic E-state index is 5.02. The van der Waals surface area contributed by atoms with Crippen LogP contribution < -0.4 is 5.32 Å². The van der Waals surface area contributed by atoms with Crippen LogP contribution in [-0.2, 0) is 6.54 Å². The normalized spacial score (nSPS) is 13.4. The second-order valence-corrected chi connectivity index (χ2v) is 3.88. The summed E-state index contributed by atoms with van der Waals surface area (Å²) < 4.78 is 5.02. The molecule has 1 heterocycles. The Labute approximate surface area is 86.7 Å². The molecule has 0 saturated carbocycles. The molecule has 0 radical (unpaired) electrons. The summed E-state index contributed by atoms with van der Waals surface area (Å²) >= 11 is 0. The molecule has 0 amide bonds. The van der Waals surface area contributed by atoms with E-state index in [-0.39, 0.29) is 0 Å². The Kier molecular flexibility index (Phi) is 4.74. The summed E-state index contributed by atoms with van der Waals surface area (Å²) in [7, 11) is 0. The van der Waals surface area contributed by atoms with Gasteiger partial charge >= 0.3 is 0 Å². The summed E-state index contributed by atoms with van der Waals surface area (Å²) in [5.41, 5.74) is 1.22. The van der Waals surface area contributed by atoms with Gasteiger partial charge in [0.15, 0.2) is 0 Å². The molecule has 1 rings (SSSR count). The second-order valence-electron chi connectivity index (χ2n) is 3.88. The number of nitrogens with one attached hydrogen (secondary N) is 1. The Balaban J connectivity index is 2.30. The van der Waals surface area contributed by atoms with Gasteiger partial charge in [0.25, 0.3) is 0 Å². The molecular weight excluding hydrogens is 174 g/mol. The third-order valence-electron chi connectivity index (χ3n) is 2.96. The van der Waals surface area contributed by atoms with Gasteiger partial charge in [-0.1, -0.05) is 26.7 Å². The fourth-order valence-electron chi connectivity index (χ4n) is 1.83. The van der Waals surface area contributed by atoms with Crippen molar-refractivity contribution in [2.24, 2.45) is 5.92 Å². The molecule has 0 aliphatic rings. The van der Waals surface area contributed by atoms with Gasteiger partial charge in [0, 0.05) is 18.2 Å². The molecule has 0 saturated heterocycles. The number of hydrogen-bond donors (Lipinski definition) is 1. The smallest absolute Gasteiger partial charge is 0.0947 e. The fraction of sp³-hybridized carbons (Fsp3) is 0.667. The van der Waals surface area contributed by atoms with Crippen molar-refractivity contribution in [3.63, 3.8) is 0 Å². The average Bonchev–Trinajstić information content (AvgIpc) is 2.69. The highest BCUT2D eigenvalue weighted by Gasteiger charge is 2.12. The lowest BCUT2D eigenvalue weighted by Gasteiger charge is -2.22. The molecule has 1 atom stereocenters. The van der Waals surface area contributed by atoms with Crippen molar-refractivity contribution in [3.8, 4) is 0 Å². The maximum atomic E-state index is 5.02. The van der Waals surface area contributed by atoms with Crippen molar-refractivity contribution in [1.82, 2.24) is 5.32 Å². The first-order valence-electron chi connectivity index (χ1n) is 5.52. The Bertz CT molecular complexity index is 226. The highest BCUT2D eigenvalue weighted by Crippen LogP contribution is 2.13. The van der Waals surface area contributed by atoms with E-state index in [1.807, 2.05) is 6.07 Å². The minimum absolute atomic E-state index is 0.583. The van der Waals surface area contributed by atoms with E-state index in [0.29, 0.717) is 6.04 Å². The molecule has 2 heteroatoms. The van der Waals surface area contributed by atoms with E-state index in [1.54, 1.807) is 12.5 Å². The van der Waals surface area contributed by atoms with Crippen molar-refractivity contribution in [2.45, 2.75) is 46.2 Å². The quantitative estimate of drug-likeness (QED) is 0.754. The molecule has 0 aliphatic heterocycles. The zero-order valence-electron chi connectivity index (χ0n) is 9.42. The van der Waals surface area contributed by atoms with Crippen molar-refractivity contribution in [3.05, 3.63) is 24.2 Å². The second kappa shape index (κ2) is 5.86. The van der Waals surface area contributed by atoms with E-state index in [2.05, 4.69) is 26.1 Å². The molecule has 1 unspecified atom stereocenters. The maximum Gasteiger partial charge on any atom is 0.0947 e. The van der Waals surface area contributed by atoms with E-state index in [0.717, 1.165) is 12.5 Å². The first kappa shape index (κ1) is 11.3. The molecule has 0 spiro atoms. The van der Waals surface area contributed by atoms with E-state index in [4.69, 9.17) is 4.42 Å². The van der Waals surface area contributed by atoms with Crippen LogP contribution in [-0.4, -0.2) is 6.04 Å². The monoisotopic (exact) mass is 195 g/mol. The largest absolute Gasteiger partial charge is 0.472 e. The van der Waals surface area contributed by atoms with Gasteiger partial charge in [0.2, 0.25) is 0 Å². The molecule has 14 heavy (non-hydrogen) atoms. The molecule has 1 aromatic rings. The molecule has 0 aliphatic carbocycles. The van der Waals surface area contributed by atoms with Crippen LogP contribution in [0.2, 0.25) is 0 Å². The van der Waals surface area contributed by atoms with Gasteiger partial charge in [-0.25, -0.2) is 0 Å². The molecule has 1 aromatic heterocycles. The van der Waals surface area contributed by atoms with Gasteiger partial charge in [-0.2, -0.15) is 0 Å². The van der Waals surface area contributed by atoms with Gasteiger partial charge < -0.3 is 9.73 Å². The fourth-order valence-corrected chi connectivity index (χ4v) is 1.83. The highest BCUT2D eigenvalue weighted by molar-refractivity contribution is 5.04. The Morgan fingerprint density at radius 1 is 1.36 bits per heavy atom. The van der Waals surface area contributed by atoms with Gasteiger partial charge in [-0.15, -0.1) is 0 Å². The standard InChI is InChI=1S/C12H21NO/c1-4-12(5-2)10(3)13-8-11-6-7-14-9-11/h6-7,9-10,12-13H,4-5,8H2,1-3H3. The van der Waals surface area contributed by atoms with E-state index in [1.165, 1.54) is 18.4 Å². The van der Waals surface area contributed by atoms with E-state index >= 15 is 0 Å². The summed E-state index contributed by atoms with van der Waals surface area (Å²) in [6.07, 6.45) is 6.01. The Morgan fingerprint density at radius 3 is 2.57 bits per heavy atom. The van der Waals surface area contributed by atoms with Crippen LogP contribution >= 0.6 is 0 Å². The molecule has 2 nitrogen and oxygen atoms in total. The van der Waals surface area contributed by atoms with Crippen LogP contribution in [0, 0.1) is 5.92 Å². The summed E-state index contributed by atoms with van der Waals surface area (Å²) in [5, 5.41) is 3.53. The van der Waals surface area contributed by atoms with E-state index < -0.39 is 0 Å². The van der Waals surface area contributed by atoms with Crippen molar-refractivity contribution >= 4 is 0 Å². The molecule has 0 aromatic carbocycles. The van der Waals surface area contributed by atoms with Gasteiger partial charge in [-0.3, -0.25) is 0 Å². The first-order chi connectivity index (χ1) is 6.77. The number of hydrogen-bond acceptors (Lipinski definition) is 2. The number of rotatable bonds is 6. The summed E-state index contributed by atoms with van der Waals surface area (Å²) in [6.45, 7) is 7.68. The summed E-state index contributed by atoms with van der Waals surface area (Å²) in [4.78, 5) is 0. The van der Waals surface area contributed by atoms with Crippen molar-refractivity contribution in [1.29, 1.82) is 0 Å². The van der Waals surface area contributed by atoms with E-state index in [9.17, 15) is 0 Å². The zero-order valence-corrected chi connectivity index (χ0v) is 9.42. The van der Waals surface area contributed by atoms with Crippen LogP contribution in [0.5, 0.6) is 0 Å². The Hall–Kier alpha value is -0.760. The van der Waals surface area contributed by atoms with Crippen LogP contribution in [0.15, 0.2) is 23.0 Å². The minimum Gasteiger partial charge on any atom is -0.472 e. The van der Waals surface area contributed by atoms with Gasteiger partial charge in [0.1, 0.15) is 0 Å². The molecule has 0 fully saturated rings. The number of furan rings is 1. The van der Waals surface area contributed by atoms with Crippen LogP contribution in [0.3, 0.4) is 0 Å². The molecule has 80 valence electrons. The van der Waals surface area contributed by atoms with Crippen molar-refractivity contribution in [2.75, 3.05) is 0 Å². The first-order valence-corrected chi connectivity index (χ1v) is 5.52. The van der Waals surface area contributed by atoms with Gasteiger partial charge in [0.05, 0.1) is 12.5 Å². The lowest BCUT2D eigenvalue weighted by Crippen LogP contribution is -2.32. The summed E-state index contributed by atoms with van der Waals surface area (Å²) in [5.74, 6) is 0.780. The summed E-state index contributed by atoms with van der Waals surface area (Å²) in [6, 6.07) is 2.59. The molecular formula is C12H21NO. The van der Waals surface area contributed by atoms with Crippen molar-refractivity contribution < 1.29 is 4.42 Å². The topological polar surface area (TPSA) is 25.2 Å². The SMILES string of the molecule is CCC(CC)C(C)NCc1ccoc1. The lowest BCUT2D eigenvalue weighted by molar-refractivity contribution is 0.352. The predicted octanol–water partition coefficient (Wildman–Crippen LogP) is 3.19. The van der Waals surface area contributed by atoms with Crippen LogP contribution in [0.4, 0.5) is 0 Å². The van der Waals surface area contributed by atoms with Crippen LogP contribution in [0.1, 0.15) is 39.2 Å². The van der Waals surface area contributed by atoms with Gasteiger partial charge in [-0.05, 0) is 18.9 Å². The third kappa shape index (κ3) is 3.18. The minimum atomic E-state index is 0.583. The Morgan fingerprint density at radius 2 is 2.07 bits per heavy atom.